The van der Waals surface area contributed by atoms with Gasteiger partial charge in [-0.1, -0.05) is 29.8 Å². The SMILES string of the molecule is COc1ccc(C)cc1NC(=S)Nc1nn(Cc2ccc(Cl)cc2)cc1Br. The molecule has 0 saturated carbocycles. The molecule has 2 aromatic carbocycles. The van der Waals surface area contributed by atoms with Gasteiger partial charge < -0.3 is 15.4 Å². The summed E-state index contributed by atoms with van der Waals surface area (Å²) in [6, 6.07) is 13.5. The Balaban J connectivity index is 1.69. The molecular weight excluding hydrogens is 448 g/mol. The van der Waals surface area contributed by atoms with Crippen LogP contribution in [0.15, 0.2) is 53.1 Å². The van der Waals surface area contributed by atoms with Crippen LogP contribution in [0.25, 0.3) is 0 Å². The Labute approximate surface area is 176 Å². The number of anilines is 2. The third kappa shape index (κ3) is 5.22. The van der Waals surface area contributed by atoms with Gasteiger partial charge in [-0.3, -0.25) is 4.68 Å². The van der Waals surface area contributed by atoms with Crippen LogP contribution in [0.5, 0.6) is 5.75 Å². The third-order valence-electron chi connectivity index (χ3n) is 3.81. The first-order chi connectivity index (χ1) is 12.9. The number of hydrogen-bond acceptors (Lipinski definition) is 3. The molecule has 0 atom stereocenters. The fraction of sp³-hybridized carbons (Fsp3) is 0.158. The largest absolute Gasteiger partial charge is 0.495 e. The van der Waals surface area contributed by atoms with Crippen LogP contribution in [-0.4, -0.2) is 22.0 Å². The van der Waals surface area contributed by atoms with Gasteiger partial charge in [0.1, 0.15) is 5.75 Å². The first-order valence-corrected chi connectivity index (χ1v) is 9.72. The number of rotatable bonds is 5. The molecule has 5 nitrogen and oxygen atoms in total. The lowest BCUT2D eigenvalue weighted by Gasteiger charge is -2.13. The number of halogens is 2. The van der Waals surface area contributed by atoms with Crippen molar-refractivity contribution in [1.82, 2.24) is 9.78 Å². The average molecular weight is 466 g/mol. The van der Waals surface area contributed by atoms with Crippen molar-refractivity contribution in [3.63, 3.8) is 0 Å². The quantitative estimate of drug-likeness (QED) is 0.489. The molecule has 0 bridgehead atoms. The van der Waals surface area contributed by atoms with Crippen LogP contribution < -0.4 is 15.4 Å². The second-order valence-corrected chi connectivity index (χ2v) is 7.63. The number of nitrogens with zero attached hydrogens (tertiary/aromatic N) is 2. The van der Waals surface area contributed by atoms with Crippen LogP contribution in [0.4, 0.5) is 11.5 Å². The van der Waals surface area contributed by atoms with Crippen LogP contribution in [0, 0.1) is 6.92 Å². The maximum Gasteiger partial charge on any atom is 0.176 e. The highest BCUT2D eigenvalue weighted by Crippen LogP contribution is 2.26. The fourth-order valence-electron chi connectivity index (χ4n) is 2.52. The molecule has 0 aliphatic carbocycles. The van der Waals surface area contributed by atoms with Crippen molar-refractivity contribution < 1.29 is 4.74 Å². The minimum Gasteiger partial charge on any atom is -0.495 e. The monoisotopic (exact) mass is 464 g/mol. The zero-order valence-corrected chi connectivity index (χ0v) is 18.0. The van der Waals surface area contributed by atoms with E-state index in [1.807, 2.05) is 60.3 Å². The van der Waals surface area contributed by atoms with E-state index in [9.17, 15) is 0 Å². The summed E-state index contributed by atoms with van der Waals surface area (Å²) < 4.78 is 8.01. The molecule has 1 heterocycles. The topological polar surface area (TPSA) is 51.1 Å². The number of benzene rings is 2. The molecule has 0 aliphatic heterocycles. The summed E-state index contributed by atoms with van der Waals surface area (Å²) in [5, 5.41) is 11.9. The van der Waals surface area contributed by atoms with Gasteiger partial charge in [0.05, 0.1) is 23.8 Å². The molecule has 3 aromatic rings. The molecule has 0 spiro atoms. The molecule has 3 rings (SSSR count). The Morgan fingerprint density at radius 2 is 1.96 bits per heavy atom. The number of methoxy groups -OCH3 is 1. The highest BCUT2D eigenvalue weighted by atomic mass is 79.9. The van der Waals surface area contributed by atoms with Crippen molar-refractivity contribution in [3.05, 3.63) is 69.3 Å². The molecular formula is C19H18BrClN4OS. The number of aromatic nitrogens is 2. The van der Waals surface area contributed by atoms with Gasteiger partial charge in [0.15, 0.2) is 10.9 Å². The predicted molar refractivity (Wildman–Crippen MR) is 118 cm³/mol. The molecule has 140 valence electrons. The number of aryl methyl sites for hydroxylation is 1. The lowest BCUT2D eigenvalue weighted by molar-refractivity contribution is 0.417. The molecule has 27 heavy (non-hydrogen) atoms. The lowest BCUT2D eigenvalue weighted by Crippen LogP contribution is -2.20. The molecule has 0 fully saturated rings. The lowest BCUT2D eigenvalue weighted by atomic mass is 10.2. The second-order valence-electron chi connectivity index (χ2n) is 5.93. The van der Waals surface area contributed by atoms with Crippen molar-refractivity contribution >= 4 is 56.4 Å². The summed E-state index contributed by atoms with van der Waals surface area (Å²) in [5.41, 5.74) is 3.01. The maximum atomic E-state index is 5.93. The van der Waals surface area contributed by atoms with Gasteiger partial charge in [-0.2, -0.15) is 5.10 Å². The smallest absolute Gasteiger partial charge is 0.176 e. The Morgan fingerprint density at radius 3 is 2.67 bits per heavy atom. The van der Waals surface area contributed by atoms with E-state index in [-0.39, 0.29) is 0 Å². The summed E-state index contributed by atoms with van der Waals surface area (Å²) in [5.74, 6) is 1.35. The molecule has 0 unspecified atom stereocenters. The van der Waals surface area contributed by atoms with Crippen LogP contribution in [0.1, 0.15) is 11.1 Å². The van der Waals surface area contributed by atoms with Crippen molar-refractivity contribution in [3.8, 4) is 5.75 Å². The summed E-state index contributed by atoms with van der Waals surface area (Å²) in [7, 11) is 1.63. The van der Waals surface area contributed by atoms with E-state index in [0.29, 0.717) is 22.5 Å². The van der Waals surface area contributed by atoms with Gasteiger partial charge in [-0.25, -0.2) is 0 Å². The summed E-state index contributed by atoms with van der Waals surface area (Å²) in [6.07, 6.45) is 1.90. The van der Waals surface area contributed by atoms with Crippen LogP contribution in [0.2, 0.25) is 5.02 Å². The normalized spacial score (nSPS) is 10.5. The number of thiocarbonyl (C=S) groups is 1. The van der Waals surface area contributed by atoms with Crippen LogP contribution >= 0.6 is 39.7 Å². The van der Waals surface area contributed by atoms with E-state index >= 15 is 0 Å². The fourth-order valence-corrected chi connectivity index (χ4v) is 3.27. The Hall–Kier alpha value is -2.09. The third-order valence-corrected chi connectivity index (χ3v) is 4.85. The Morgan fingerprint density at radius 1 is 1.22 bits per heavy atom. The summed E-state index contributed by atoms with van der Waals surface area (Å²) in [4.78, 5) is 0. The molecule has 2 N–H and O–H groups in total. The second kappa shape index (κ2) is 8.73. The molecule has 0 amide bonds. The summed E-state index contributed by atoms with van der Waals surface area (Å²) >= 11 is 14.9. The number of ether oxygens (including phenoxy) is 1. The van der Waals surface area contributed by atoms with Gasteiger partial charge in [0.25, 0.3) is 0 Å². The molecule has 1 aromatic heterocycles. The van der Waals surface area contributed by atoms with Gasteiger partial charge in [0, 0.05) is 11.2 Å². The van der Waals surface area contributed by atoms with E-state index in [2.05, 4.69) is 31.7 Å². The average Bonchev–Trinajstić information content (AvgIpc) is 2.96. The minimum absolute atomic E-state index is 0.427. The maximum absolute atomic E-state index is 5.93. The molecule has 0 saturated heterocycles. The number of nitrogens with one attached hydrogen (secondary N) is 2. The molecule has 8 heteroatoms. The minimum atomic E-state index is 0.427. The zero-order valence-electron chi connectivity index (χ0n) is 14.8. The predicted octanol–water partition coefficient (Wildman–Crippen LogP) is 5.47. The van der Waals surface area contributed by atoms with E-state index in [0.717, 1.165) is 27.0 Å². The zero-order chi connectivity index (χ0) is 19.4. The standard InChI is InChI=1S/C19H18BrClN4OS/c1-12-3-8-17(26-2)16(9-12)22-19(27)23-18-15(20)11-25(24-18)10-13-4-6-14(21)7-5-13/h3-9,11H,10H2,1-2H3,(H2,22,23,24,27). The first-order valence-electron chi connectivity index (χ1n) is 8.14. The van der Waals surface area contributed by atoms with E-state index in [4.69, 9.17) is 28.6 Å². The summed E-state index contributed by atoms with van der Waals surface area (Å²) in [6.45, 7) is 2.64. The van der Waals surface area contributed by atoms with Crippen molar-refractivity contribution in [2.24, 2.45) is 0 Å². The Kier molecular flexibility index (Phi) is 6.36. The van der Waals surface area contributed by atoms with E-state index in [1.54, 1.807) is 7.11 Å². The highest BCUT2D eigenvalue weighted by Gasteiger charge is 2.11. The van der Waals surface area contributed by atoms with E-state index in [1.165, 1.54) is 0 Å². The molecule has 0 aliphatic rings. The number of hydrogen-bond donors (Lipinski definition) is 2. The van der Waals surface area contributed by atoms with Crippen molar-refractivity contribution in [1.29, 1.82) is 0 Å². The van der Waals surface area contributed by atoms with Gasteiger partial charge in [-0.15, -0.1) is 0 Å². The highest BCUT2D eigenvalue weighted by molar-refractivity contribution is 9.10. The van der Waals surface area contributed by atoms with E-state index < -0.39 is 0 Å². The van der Waals surface area contributed by atoms with Gasteiger partial charge in [0.2, 0.25) is 0 Å². The van der Waals surface area contributed by atoms with Gasteiger partial charge in [-0.05, 0) is 70.5 Å². The van der Waals surface area contributed by atoms with Gasteiger partial charge >= 0.3 is 0 Å². The molecule has 0 radical (unpaired) electrons. The van der Waals surface area contributed by atoms with Crippen molar-refractivity contribution in [2.45, 2.75) is 13.5 Å². The van der Waals surface area contributed by atoms with Crippen molar-refractivity contribution in [2.75, 3.05) is 17.7 Å². The Bertz CT molecular complexity index is 959. The van der Waals surface area contributed by atoms with Crippen LogP contribution in [0.3, 0.4) is 0 Å². The first kappa shape index (κ1) is 19.7. The van der Waals surface area contributed by atoms with Crippen LogP contribution in [-0.2, 0) is 6.54 Å².